The van der Waals surface area contributed by atoms with Crippen molar-refractivity contribution in [2.75, 3.05) is 11.9 Å². The average molecular weight is 229 g/mol. The van der Waals surface area contributed by atoms with Gasteiger partial charge < -0.3 is 10.1 Å². The Morgan fingerprint density at radius 1 is 1.24 bits per heavy atom. The summed E-state index contributed by atoms with van der Waals surface area (Å²) in [6.07, 6.45) is 0.618. The molecule has 0 aliphatic rings. The van der Waals surface area contributed by atoms with Crippen molar-refractivity contribution in [3.05, 3.63) is 36.4 Å². The first-order valence-electron chi connectivity index (χ1n) is 5.14. The zero-order valence-electron chi connectivity index (χ0n) is 9.01. The Labute approximate surface area is 97.9 Å². The summed E-state index contributed by atoms with van der Waals surface area (Å²) in [5.41, 5.74) is 0.806. The van der Waals surface area contributed by atoms with Crippen molar-refractivity contribution in [1.82, 2.24) is 10.3 Å². The number of pyridine rings is 1. The Hall–Kier alpha value is -2.43. The second-order valence-electron chi connectivity index (χ2n) is 3.39. The van der Waals surface area contributed by atoms with E-state index in [4.69, 9.17) is 0 Å². The quantitative estimate of drug-likeness (QED) is 0.784. The van der Waals surface area contributed by atoms with Gasteiger partial charge in [0, 0.05) is 5.39 Å². The Kier molecular flexibility index (Phi) is 3.30. The van der Waals surface area contributed by atoms with Crippen LogP contribution in [0.4, 0.5) is 10.6 Å². The van der Waals surface area contributed by atoms with E-state index in [0.29, 0.717) is 12.1 Å². The van der Waals surface area contributed by atoms with E-state index in [0.717, 1.165) is 10.9 Å². The van der Waals surface area contributed by atoms with Crippen LogP contribution in [0, 0.1) is 0 Å². The van der Waals surface area contributed by atoms with Gasteiger partial charge in [0.25, 0.3) is 0 Å². The van der Waals surface area contributed by atoms with Crippen LogP contribution in [0.3, 0.4) is 0 Å². The number of para-hydroxylation sites is 1. The first kappa shape index (κ1) is 11.1. The normalized spacial score (nSPS) is 9.88. The number of nitrogens with one attached hydrogen (secondary N) is 2. The van der Waals surface area contributed by atoms with E-state index in [2.05, 4.69) is 15.6 Å². The molecule has 2 amide bonds. The number of carbonyl (C=O) groups excluding carboxylic acids is 2. The van der Waals surface area contributed by atoms with Crippen molar-refractivity contribution >= 4 is 29.0 Å². The number of hydrogen-bond acceptors (Lipinski definition) is 3. The molecule has 0 spiro atoms. The highest BCUT2D eigenvalue weighted by molar-refractivity contribution is 5.91. The third kappa shape index (κ3) is 2.78. The van der Waals surface area contributed by atoms with Crippen molar-refractivity contribution in [3.63, 3.8) is 0 Å². The van der Waals surface area contributed by atoms with Gasteiger partial charge in [-0.1, -0.05) is 18.2 Å². The fourth-order valence-corrected chi connectivity index (χ4v) is 1.43. The Bertz CT molecular complexity index is 554. The number of rotatable bonds is 3. The highest BCUT2D eigenvalue weighted by atomic mass is 16.2. The summed E-state index contributed by atoms with van der Waals surface area (Å²) in [5, 5.41) is 5.93. The highest BCUT2D eigenvalue weighted by Crippen LogP contribution is 2.14. The lowest BCUT2D eigenvalue weighted by Gasteiger charge is -2.05. The third-order valence-electron chi connectivity index (χ3n) is 2.19. The molecule has 0 unspecified atom stereocenters. The molecule has 1 heterocycles. The van der Waals surface area contributed by atoms with Crippen LogP contribution in [-0.2, 0) is 4.79 Å². The molecule has 5 heteroatoms. The second-order valence-corrected chi connectivity index (χ2v) is 3.39. The average Bonchev–Trinajstić information content (AvgIpc) is 2.36. The molecule has 86 valence electrons. The monoisotopic (exact) mass is 229 g/mol. The van der Waals surface area contributed by atoms with E-state index in [-0.39, 0.29) is 6.54 Å². The van der Waals surface area contributed by atoms with Gasteiger partial charge in [0.1, 0.15) is 12.1 Å². The number of aromatic nitrogens is 1. The van der Waals surface area contributed by atoms with E-state index in [1.54, 1.807) is 6.07 Å². The molecule has 2 aromatic rings. The molecular formula is C12H11N3O2. The molecule has 0 radical (unpaired) electrons. The molecule has 2 rings (SSSR count). The van der Waals surface area contributed by atoms with Crippen LogP contribution in [0.15, 0.2) is 36.4 Å². The van der Waals surface area contributed by atoms with Gasteiger partial charge in [-0.3, -0.25) is 5.32 Å². The highest BCUT2D eigenvalue weighted by Gasteiger charge is 2.02. The molecule has 0 saturated heterocycles. The number of urea groups is 1. The van der Waals surface area contributed by atoms with E-state index in [1.807, 2.05) is 30.3 Å². The number of hydrogen-bond donors (Lipinski definition) is 2. The standard InChI is InChI=1S/C12H11N3O2/c16-8-7-13-12(17)15-11-6-5-9-3-1-2-4-10(9)14-11/h1-6,8H,7H2,(H2,13,14,15,17). The van der Waals surface area contributed by atoms with Crippen LogP contribution < -0.4 is 10.6 Å². The van der Waals surface area contributed by atoms with Crippen LogP contribution in [0.1, 0.15) is 0 Å². The first-order chi connectivity index (χ1) is 8.29. The fourth-order valence-electron chi connectivity index (χ4n) is 1.43. The van der Waals surface area contributed by atoms with Gasteiger partial charge in [0.2, 0.25) is 0 Å². The number of amides is 2. The predicted octanol–water partition coefficient (Wildman–Crippen LogP) is 1.56. The third-order valence-corrected chi connectivity index (χ3v) is 2.19. The Morgan fingerprint density at radius 2 is 2.06 bits per heavy atom. The maximum absolute atomic E-state index is 11.3. The molecule has 0 aliphatic heterocycles. The van der Waals surface area contributed by atoms with E-state index in [9.17, 15) is 9.59 Å². The molecule has 0 fully saturated rings. The summed E-state index contributed by atoms with van der Waals surface area (Å²) in [6.45, 7) is -0.0145. The zero-order chi connectivity index (χ0) is 12.1. The smallest absolute Gasteiger partial charge is 0.320 e. The lowest BCUT2D eigenvalue weighted by molar-refractivity contribution is -0.107. The first-order valence-corrected chi connectivity index (χ1v) is 5.14. The summed E-state index contributed by atoms with van der Waals surface area (Å²) < 4.78 is 0. The maximum atomic E-state index is 11.3. The summed E-state index contributed by atoms with van der Waals surface area (Å²) in [5.74, 6) is 0.451. The summed E-state index contributed by atoms with van der Waals surface area (Å²) >= 11 is 0. The Balaban J connectivity index is 2.13. The zero-order valence-corrected chi connectivity index (χ0v) is 9.01. The maximum Gasteiger partial charge on any atom is 0.320 e. The number of carbonyl (C=O) groups is 2. The predicted molar refractivity (Wildman–Crippen MR) is 64.8 cm³/mol. The lowest BCUT2D eigenvalue weighted by atomic mass is 10.2. The molecule has 5 nitrogen and oxygen atoms in total. The summed E-state index contributed by atoms with van der Waals surface area (Å²) in [6, 6.07) is 10.8. The molecule has 17 heavy (non-hydrogen) atoms. The number of nitrogens with zero attached hydrogens (tertiary/aromatic N) is 1. The number of benzene rings is 1. The molecular weight excluding hydrogens is 218 g/mol. The topological polar surface area (TPSA) is 71.1 Å². The second kappa shape index (κ2) is 5.07. The molecule has 1 aromatic heterocycles. The number of fused-ring (bicyclic) bond motifs is 1. The van der Waals surface area contributed by atoms with E-state index in [1.165, 1.54) is 0 Å². The van der Waals surface area contributed by atoms with Crippen molar-refractivity contribution in [2.45, 2.75) is 0 Å². The van der Waals surface area contributed by atoms with Gasteiger partial charge in [-0.2, -0.15) is 0 Å². The molecule has 0 bridgehead atoms. The van der Waals surface area contributed by atoms with E-state index < -0.39 is 6.03 Å². The van der Waals surface area contributed by atoms with Crippen molar-refractivity contribution in [1.29, 1.82) is 0 Å². The van der Waals surface area contributed by atoms with Gasteiger partial charge in [-0.15, -0.1) is 0 Å². The Morgan fingerprint density at radius 3 is 2.88 bits per heavy atom. The fraction of sp³-hybridized carbons (Fsp3) is 0.0833. The van der Waals surface area contributed by atoms with Gasteiger partial charge in [0.05, 0.1) is 12.1 Å². The molecule has 0 aliphatic carbocycles. The molecule has 2 N–H and O–H groups in total. The number of aldehydes is 1. The minimum absolute atomic E-state index is 0.0145. The van der Waals surface area contributed by atoms with Crippen LogP contribution in [0.25, 0.3) is 10.9 Å². The van der Waals surface area contributed by atoms with Crippen LogP contribution in [-0.4, -0.2) is 23.8 Å². The van der Waals surface area contributed by atoms with E-state index >= 15 is 0 Å². The number of anilines is 1. The SMILES string of the molecule is O=CCNC(=O)Nc1ccc2ccccc2n1. The van der Waals surface area contributed by atoms with Crippen LogP contribution >= 0.6 is 0 Å². The minimum Gasteiger partial charge on any atom is -0.331 e. The minimum atomic E-state index is -0.445. The van der Waals surface area contributed by atoms with Gasteiger partial charge in [0.15, 0.2) is 0 Å². The van der Waals surface area contributed by atoms with Crippen LogP contribution in [0.2, 0.25) is 0 Å². The van der Waals surface area contributed by atoms with Crippen LogP contribution in [0.5, 0.6) is 0 Å². The van der Waals surface area contributed by atoms with Gasteiger partial charge >= 0.3 is 6.03 Å². The molecule has 1 aromatic carbocycles. The van der Waals surface area contributed by atoms with Crippen molar-refractivity contribution in [3.8, 4) is 0 Å². The van der Waals surface area contributed by atoms with Crippen molar-refractivity contribution < 1.29 is 9.59 Å². The molecule has 0 saturated carbocycles. The summed E-state index contributed by atoms with van der Waals surface area (Å²) in [4.78, 5) is 25.6. The van der Waals surface area contributed by atoms with Gasteiger partial charge in [-0.25, -0.2) is 9.78 Å². The van der Waals surface area contributed by atoms with Crippen molar-refractivity contribution in [2.24, 2.45) is 0 Å². The molecule has 0 atom stereocenters. The summed E-state index contributed by atoms with van der Waals surface area (Å²) in [7, 11) is 0. The lowest BCUT2D eigenvalue weighted by Crippen LogP contribution is -2.30. The largest absolute Gasteiger partial charge is 0.331 e. The van der Waals surface area contributed by atoms with Gasteiger partial charge in [-0.05, 0) is 18.2 Å².